The van der Waals surface area contributed by atoms with Crippen LogP contribution in [0.15, 0.2) is 18.2 Å². The van der Waals surface area contributed by atoms with Crippen molar-refractivity contribution in [2.24, 2.45) is 0 Å². The number of hydrogen-bond acceptors (Lipinski definition) is 10. The summed E-state index contributed by atoms with van der Waals surface area (Å²) < 4.78 is 16.5. The molecule has 2 aliphatic rings. The molecule has 0 spiro atoms. The molecule has 13 heteroatoms. The first kappa shape index (κ1) is 34.6. The molecule has 13 nitrogen and oxygen atoms in total. The number of nitrogens with zero attached hydrogens (tertiary/aromatic N) is 1. The van der Waals surface area contributed by atoms with Gasteiger partial charge in [0.1, 0.15) is 11.6 Å². The number of unbranched alkanes of at least 4 members (excludes halogenated alkanes) is 1. The van der Waals surface area contributed by atoms with Gasteiger partial charge in [-0.15, -0.1) is 0 Å². The normalized spacial score (nSPS) is 16.5. The Morgan fingerprint density at radius 3 is 2.23 bits per heavy atom. The van der Waals surface area contributed by atoms with Crippen LogP contribution in [0, 0.1) is 0 Å². The van der Waals surface area contributed by atoms with Crippen LogP contribution in [0.25, 0.3) is 0 Å². The van der Waals surface area contributed by atoms with Crippen molar-refractivity contribution in [3.63, 3.8) is 0 Å². The topological polar surface area (TPSA) is 169 Å². The van der Waals surface area contributed by atoms with Crippen LogP contribution in [0.5, 0.6) is 0 Å². The van der Waals surface area contributed by atoms with Gasteiger partial charge in [0.2, 0.25) is 17.7 Å². The van der Waals surface area contributed by atoms with Crippen LogP contribution in [0.2, 0.25) is 0 Å². The van der Waals surface area contributed by atoms with Crippen LogP contribution in [-0.4, -0.2) is 91.6 Å². The molecule has 1 aromatic carbocycles. The van der Waals surface area contributed by atoms with E-state index < -0.39 is 35.3 Å². The number of amides is 5. The number of benzene rings is 1. The summed E-state index contributed by atoms with van der Waals surface area (Å²) in [6.07, 6.45) is 3.40. The van der Waals surface area contributed by atoms with Gasteiger partial charge in [0, 0.05) is 58.0 Å². The van der Waals surface area contributed by atoms with Crippen LogP contribution < -0.4 is 16.0 Å². The van der Waals surface area contributed by atoms with E-state index in [9.17, 15) is 28.8 Å². The minimum absolute atomic E-state index is 0.0587. The zero-order chi connectivity index (χ0) is 32.1. The second-order valence-electron chi connectivity index (χ2n) is 11.7. The third-order valence-corrected chi connectivity index (χ3v) is 6.84. The number of nitrogens with one attached hydrogen (secondary N) is 3. The monoisotopic (exact) mass is 616 g/mol. The molecule has 3 rings (SSSR count). The van der Waals surface area contributed by atoms with Crippen LogP contribution >= 0.6 is 0 Å². The average Bonchev–Trinajstić information content (AvgIpc) is 3.21. The SMILES string of the molecule is CC(C)(C)OC(=O)CCC(=O)NCCCOCCCCOCCCNc1cccc2c1C(=O)N(C1CCC(=O)NC1=O)C2=O. The molecule has 1 fully saturated rings. The molecule has 1 saturated heterocycles. The standard InChI is InChI=1S/C31H44N4O9/c1-31(2,3)44-26(38)14-13-24(36)33-16-8-20-43-18-5-4-17-42-19-7-15-32-22-10-6-9-21-27(22)30(41)35(29(21)40)23-11-12-25(37)34-28(23)39/h6,9-10,23,32H,4-5,7-8,11-20H2,1-3H3,(H,33,36)(H,34,37,39). The number of carbonyl (C=O) groups excluding carboxylic acids is 6. The molecule has 44 heavy (non-hydrogen) atoms. The van der Waals surface area contributed by atoms with Crippen molar-refractivity contribution in [2.75, 3.05) is 44.8 Å². The van der Waals surface area contributed by atoms with Gasteiger partial charge in [-0.2, -0.15) is 0 Å². The van der Waals surface area contributed by atoms with E-state index in [0.717, 1.165) is 17.7 Å². The van der Waals surface area contributed by atoms with E-state index in [-0.39, 0.29) is 48.7 Å². The van der Waals surface area contributed by atoms with Gasteiger partial charge in [0.15, 0.2) is 0 Å². The van der Waals surface area contributed by atoms with Gasteiger partial charge in [0.05, 0.1) is 17.5 Å². The fourth-order valence-electron chi connectivity index (χ4n) is 4.77. The predicted molar refractivity (Wildman–Crippen MR) is 160 cm³/mol. The number of ether oxygens (including phenoxy) is 3. The average molecular weight is 617 g/mol. The highest BCUT2D eigenvalue weighted by molar-refractivity contribution is 6.25. The van der Waals surface area contributed by atoms with Crippen molar-refractivity contribution in [1.82, 2.24) is 15.5 Å². The zero-order valence-electron chi connectivity index (χ0n) is 25.8. The van der Waals surface area contributed by atoms with Gasteiger partial charge in [-0.3, -0.25) is 39.0 Å². The predicted octanol–water partition coefficient (Wildman–Crippen LogP) is 2.33. The highest BCUT2D eigenvalue weighted by Crippen LogP contribution is 2.32. The second kappa shape index (κ2) is 16.9. The Balaban J connectivity index is 1.20. The molecule has 0 aromatic heterocycles. The molecular weight excluding hydrogens is 572 g/mol. The Morgan fingerprint density at radius 2 is 1.57 bits per heavy atom. The summed E-state index contributed by atoms with van der Waals surface area (Å²) in [5, 5.41) is 8.17. The molecule has 1 atom stereocenters. The minimum atomic E-state index is -0.997. The summed E-state index contributed by atoms with van der Waals surface area (Å²) in [5.74, 6) is -2.69. The summed E-state index contributed by atoms with van der Waals surface area (Å²) >= 11 is 0. The van der Waals surface area contributed by atoms with E-state index in [2.05, 4.69) is 16.0 Å². The lowest BCUT2D eigenvalue weighted by molar-refractivity contribution is -0.155. The lowest BCUT2D eigenvalue weighted by Crippen LogP contribution is -2.54. The Kier molecular flexibility index (Phi) is 13.3. The third kappa shape index (κ3) is 10.7. The quantitative estimate of drug-likeness (QED) is 0.126. The number of hydrogen-bond donors (Lipinski definition) is 3. The van der Waals surface area contributed by atoms with Crippen LogP contribution in [-0.2, 0) is 33.4 Å². The maximum atomic E-state index is 13.1. The van der Waals surface area contributed by atoms with Gasteiger partial charge in [0.25, 0.3) is 11.8 Å². The maximum Gasteiger partial charge on any atom is 0.306 e. The zero-order valence-corrected chi connectivity index (χ0v) is 25.8. The van der Waals surface area contributed by atoms with E-state index in [1.54, 1.807) is 39.0 Å². The molecule has 1 unspecified atom stereocenters. The van der Waals surface area contributed by atoms with E-state index >= 15 is 0 Å². The van der Waals surface area contributed by atoms with Gasteiger partial charge in [-0.05, 0) is 65.0 Å². The summed E-state index contributed by atoms with van der Waals surface area (Å²) in [7, 11) is 0. The number of imide groups is 2. The van der Waals surface area contributed by atoms with Crippen molar-refractivity contribution in [3.05, 3.63) is 29.3 Å². The van der Waals surface area contributed by atoms with Gasteiger partial charge in [-0.25, -0.2) is 0 Å². The molecule has 0 bridgehead atoms. The second-order valence-corrected chi connectivity index (χ2v) is 11.7. The van der Waals surface area contributed by atoms with Crippen molar-refractivity contribution in [1.29, 1.82) is 0 Å². The number of anilines is 1. The van der Waals surface area contributed by atoms with E-state index in [4.69, 9.17) is 14.2 Å². The summed E-state index contributed by atoms with van der Waals surface area (Å²) in [6.45, 7) is 8.61. The molecular formula is C31H44N4O9. The van der Waals surface area contributed by atoms with Crippen LogP contribution in [0.3, 0.4) is 0 Å². The number of esters is 1. The summed E-state index contributed by atoms with van der Waals surface area (Å²) in [4.78, 5) is 74.2. The van der Waals surface area contributed by atoms with Crippen molar-refractivity contribution >= 4 is 41.2 Å². The van der Waals surface area contributed by atoms with Gasteiger partial charge in [-0.1, -0.05) is 6.07 Å². The lowest BCUT2D eigenvalue weighted by atomic mass is 10.0. The number of rotatable bonds is 18. The summed E-state index contributed by atoms with van der Waals surface area (Å²) in [5.41, 5.74) is 0.444. The molecule has 2 heterocycles. The van der Waals surface area contributed by atoms with E-state index in [0.29, 0.717) is 58.0 Å². The molecule has 1 aromatic rings. The third-order valence-electron chi connectivity index (χ3n) is 6.84. The maximum absolute atomic E-state index is 13.1. The highest BCUT2D eigenvalue weighted by Gasteiger charge is 2.45. The number of carbonyl (C=O) groups is 6. The molecule has 2 aliphatic heterocycles. The first-order valence-corrected chi connectivity index (χ1v) is 15.2. The Morgan fingerprint density at radius 1 is 0.909 bits per heavy atom. The fourth-order valence-corrected chi connectivity index (χ4v) is 4.77. The number of piperidine rings is 1. The largest absolute Gasteiger partial charge is 0.460 e. The van der Waals surface area contributed by atoms with Gasteiger partial charge < -0.3 is 24.8 Å². The van der Waals surface area contributed by atoms with E-state index in [1.807, 2.05) is 0 Å². The van der Waals surface area contributed by atoms with Crippen LogP contribution in [0.1, 0.15) is 92.9 Å². The number of fused-ring (bicyclic) bond motifs is 1. The Labute approximate surface area is 257 Å². The molecule has 0 radical (unpaired) electrons. The van der Waals surface area contributed by atoms with Crippen molar-refractivity contribution in [3.8, 4) is 0 Å². The van der Waals surface area contributed by atoms with Gasteiger partial charge >= 0.3 is 5.97 Å². The lowest BCUT2D eigenvalue weighted by Gasteiger charge is -2.27. The first-order valence-electron chi connectivity index (χ1n) is 15.2. The first-order chi connectivity index (χ1) is 21.0. The van der Waals surface area contributed by atoms with E-state index in [1.165, 1.54) is 0 Å². The molecule has 242 valence electrons. The molecule has 3 N–H and O–H groups in total. The Bertz CT molecular complexity index is 1210. The van der Waals surface area contributed by atoms with Crippen molar-refractivity contribution < 1.29 is 43.0 Å². The summed E-state index contributed by atoms with van der Waals surface area (Å²) in [6, 6.07) is 3.97. The Hall–Kier alpha value is -3.84. The fraction of sp³-hybridized carbons (Fsp3) is 0.613. The molecule has 5 amide bonds. The minimum Gasteiger partial charge on any atom is -0.460 e. The van der Waals surface area contributed by atoms with Crippen molar-refractivity contribution in [2.45, 2.75) is 83.8 Å². The molecule has 0 aliphatic carbocycles. The highest BCUT2D eigenvalue weighted by atomic mass is 16.6. The molecule has 0 saturated carbocycles. The van der Waals surface area contributed by atoms with Crippen LogP contribution in [0.4, 0.5) is 5.69 Å². The smallest absolute Gasteiger partial charge is 0.306 e.